The van der Waals surface area contributed by atoms with Crippen molar-refractivity contribution in [2.24, 2.45) is 0 Å². The first-order valence-electron chi connectivity index (χ1n) is 15.0. The fraction of sp³-hybridized carbons (Fsp3) is 0.278. The first-order valence-corrected chi connectivity index (χ1v) is 16.5. The second kappa shape index (κ2) is 15.4. The van der Waals surface area contributed by atoms with Gasteiger partial charge in [-0.05, 0) is 73.4 Å². The van der Waals surface area contributed by atoms with Crippen LogP contribution in [0.2, 0.25) is 0 Å². The predicted molar refractivity (Wildman–Crippen MR) is 178 cm³/mol. The van der Waals surface area contributed by atoms with Crippen LogP contribution in [0.25, 0.3) is 0 Å². The second-order valence-electron chi connectivity index (χ2n) is 11.0. The molecule has 1 unspecified atom stereocenters. The van der Waals surface area contributed by atoms with Crippen LogP contribution >= 0.6 is 0 Å². The highest BCUT2D eigenvalue weighted by molar-refractivity contribution is 7.92. The average Bonchev–Trinajstić information content (AvgIpc) is 3.05. The van der Waals surface area contributed by atoms with Gasteiger partial charge in [0.15, 0.2) is 0 Å². The van der Waals surface area contributed by atoms with Gasteiger partial charge >= 0.3 is 0 Å². The number of amides is 2. The summed E-state index contributed by atoms with van der Waals surface area (Å²) in [6.07, 6.45) is 0.997. The number of ether oxygens (including phenoxy) is 1. The molecule has 0 spiro atoms. The summed E-state index contributed by atoms with van der Waals surface area (Å²) in [5.74, 6) is -0.244. The minimum atomic E-state index is -4.17. The Morgan fingerprint density at radius 3 is 2.11 bits per heavy atom. The molecule has 8 nitrogen and oxygen atoms in total. The highest BCUT2D eigenvalue weighted by Crippen LogP contribution is 2.27. The van der Waals surface area contributed by atoms with Gasteiger partial charge in [0.25, 0.3) is 10.0 Å². The lowest BCUT2D eigenvalue weighted by molar-refractivity contribution is -0.140. The number of anilines is 1. The molecule has 4 aromatic carbocycles. The normalized spacial score (nSPS) is 11.8. The summed E-state index contributed by atoms with van der Waals surface area (Å²) >= 11 is 0. The first kappa shape index (κ1) is 33.3. The van der Waals surface area contributed by atoms with E-state index in [0.29, 0.717) is 18.0 Å². The second-order valence-corrected chi connectivity index (χ2v) is 12.8. The van der Waals surface area contributed by atoms with Crippen LogP contribution < -0.4 is 14.4 Å². The summed E-state index contributed by atoms with van der Waals surface area (Å²) < 4.78 is 34.7. The van der Waals surface area contributed by atoms with Crippen molar-refractivity contribution < 1.29 is 22.7 Å². The van der Waals surface area contributed by atoms with Crippen LogP contribution in [0, 0.1) is 13.8 Å². The fourth-order valence-electron chi connectivity index (χ4n) is 5.01. The van der Waals surface area contributed by atoms with Gasteiger partial charge in [-0.15, -0.1) is 0 Å². The number of rotatable bonds is 14. The minimum absolute atomic E-state index is 0.0590. The van der Waals surface area contributed by atoms with E-state index in [4.69, 9.17) is 4.74 Å². The highest BCUT2D eigenvalue weighted by atomic mass is 32.2. The van der Waals surface area contributed by atoms with Crippen LogP contribution in [0.3, 0.4) is 0 Å². The van der Waals surface area contributed by atoms with Gasteiger partial charge in [0.05, 0.1) is 17.7 Å². The van der Waals surface area contributed by atoms with E-state index in [9.17, 15) is 18.0 Å². The molecule has 0 radical (unpaired) electrons. The van der Waals surface area contributed by atoms with Crippen molar-refractivity contribution in [2.45, 2.75) is 51.1 Å². The Morgan fingerprint density at radius 1 is 0.844 bits per heavy atom. The van der Waals surface area contributed by atoms with Crippen molar-refractivity contribution in [1.29, 1.82) is 0 Å². The van der Waals surface area contributed by atoms with E-state index in [2.05, 4.69) is 5.32 Å². The molecular weight excluding hydrogens is 586 g/mol. The van der Waals surface area contributed by atoms with Gasteiger partial charge < -0.3 is 15.0 Å². The largest absolute Gasteiger partial charge is 0.497 e. The summed E-state index contributed by atoms with van der Waals surface area (Å²) in [4.78, 5) is 29.9. The Bertz CT molecular complexity index is 1670. The van der Waals surface area contributed by atoms with Gasteiger partial charge in [-0.3, -0.25) is 13.9 Å². The third-order valence-electron chi connectivity index (χ3n) is 7.67. The summed E-state index contributed by atoms with van der Waals surface area (Å²) in [7, 11) is -2.65. The lowest BCUT2D eigenvalue weighted by atomic mass is 10.0. The summed E-state index contributed by atoms with van der Waals surface area (Å²) in [6.45, 7) is 5.86. The van der Waals surface area contributed by atoms with Gasteiger partial charge in [-0.1, -0.05) is 79.2 Å². The quantitative estimate of drug-likeness (QED) is 0.194. The van der Waals surface area contributed by atoms with Gasteiger partial charge in [0, 0.05) is 19.5 Å². The number of nitrogens with zero attached hydrogens (tertiary/aromatic N) is 2. The number of methoxy groups -OCH3 is 1. The molecule has 1 N–H and O–H groups in total. The van der Waals surface area contributed by atoms with Gasteiger partial charge in [-0.2, -0.15) is 0 Å². The van der Waals surface area contributed by atoms with E-state index in [1.807, 2.05) is 75.4 Å². The van der Waals surface area contributed by atoms with Crippen molar-refractivity contribution >= 4 is 27.5 Å². The maximum absolute atomic E-state index is 14.5. The van der Waals surface area contributed by atoms with E-state index in [1.165, 1.54) is 24.1 Å². The van der Waals surface area contributed by atoms with Crippen molar-refractivity contribution in [3.8, 4) is 5.75 Å². The number of nitrogens with one attached hydrogen (secondary N) is 1. The standard InChI is InChI=1S/C36H41N3O5S/c1-5-23-37-36(41)34(24-29-12-7-6-8-13-29)38(25-30-14-10-9-11-28(30)3)35(40)26-39(31-17-19-32(44-4)20-18-31)45(42,43)33-21-15-27(2)16-22-33/h6-22,34H,5,23-26H2,1-4H3,(H,37,41). The molecule has 0 aliphatic heterocycles. The fourth-order valence-corrected chi connectivity index (χ4v) is 6.42. The Kier molecular flexibility index (Phi) is 11.4. The number of aryl methyl sites for hydroxylation is 2. The van der Waals surface area contributed by atoms with Gasteiger partial charge in [0.1, 0.15) is 18.3 Å². The SMILES string of the molecule is CCCNC(=O)C(Cc1ccccc1)N(Cc1ccccc1C)C(=O)CN(c1ccc(OC)cc1)S(=O)(=O)c1ccc(C)cc1. The van der Waals surface area contributed by atoms with E-state index in [-0.39, 0.29) is 23.8 Å². The molecule has 0 bridgehead atoms. The van der Waals surface area contributed by atoms with Crippen molar-refractivity contribution in [3.63, 3.8) is 0 Å². The monoisotopic (exact) mass is 627 g/mol. The molecule has 0 aliphatic carbocycles. The van der Waals surface area contributed by atoms with E-state index < -0.39 is 28.5 Å². The predicted octanol–water partition coefficient (Wildman–Crippen LogP) is 5.67. The molecule has 0 saturated carbocycles. The number of benzene rings is 4. The molecule has 2 amide bonds. The highest BCUT2D eigenvalue weighted by Gasteiger charge is 2.34. The van der Waals surface area contributed by atoms with Gasteiger partial charge in [-0.25, -0.2) is 8.42 Å². The molecule has 1 atom stereocenters. The zero-order valence-corrected chi connectivity index (χ0v) is 27.1. The molecule has 9 heteroatoms. The zero-order valence-electron chi connectivity index (χ0n) is 26.3. The van der Waals surface area contributed by atoms with Crippen LogP contribution in [0.15, 0.2) is 108 Å². The molecule has 0 heterocycles. The maximum Gasteiger partial charge on any atom is 0.264 e. The van der Waals surface area contributed by atoms with Crippen LogP contribution in [-0.4, -0.2) is 51.4 Å². The van der Waals surface area contributed by atoms with Crippen LogP contribution in [0.5, 0.6) is 5.75 Å². The molecule has 4 rings (SSSR count). The van der Waals surface area contributed by atoms with Gasteiger partial charge in [0.2, 0.25) is 11.8 Å². The topological polar surface area (TPSA) is 96.0 Å². The first-order chi connectivity index (χ1) is 21.6. The lowest BCUT2D eigenvalue weighted by Crippen LogP contribution is -2.53. The zero-order chi connectivity index (χ0) is 32.4. The number of hydrogen-bond acceptors (Lipinski definition) is 5. The van der Waals surface area contributed by atoms with Crippen LogP contribution in [-0.2, 0) is 32.6 Å². The number of sulfonamides is 1. The molecule has 0 aliphatic rings. The van der Waals surface area contributed by atoms with Crippen molar-refractivity contribution in [1.82, 2.24) is 10.2 Å². The van der Waals surface area contributed by atoms with Crippen molar-refractivity contribution in [2.75, 3.05) is 24.5 Å². The molecule has 236 valence electrons. The Morgan fingerprint density at radius 2 is 1.49 bits per heavy atom. The molecule has 0 fully saturated rings. The Hall–Kier alpha value is -4.63. The molecular formula is C36H41N3O5S. The summed E-state index contributed by atoms with van der Waals surface area (Å²) in [6, 6.07) is 29.3. The number of carbonyl (C=O) groups is 2. The summed E-state index contributed by atoms with van der Waals surface area (Å²) in [5, 5.41) is 2.97. The lowest BCUT2D eigenvalue weighted by Gasteiger charge is -2.34. The molecule has 45 heavy (non-hydrogen) atoms. The number of carbonyl (C=O) groups excluding carboxylic acids is 2. The van der Waals surface area contributed by atoms with E-state index >= 15 is 0 Å². The third kappa shape index (κ3) is 8.51. The smallest absolute Gasteiger partial charge is 0.264 e. The molecule has 4 aromatic rings. The van der Waals surface area contributed by atoms with Crippen LogP contribution in [0.4, 0.5) is 5.69 Å². The van der Waals surface area contributed by atoms with E-state index in [1.54, 1.807) is 36.4 Å². The Labute approximate surface area is 266 Å². The number of hydrogen-bond donors (Lipinski definition) is 1. The summed E-state index contributed by atoms with van der Waals surface area (Å²) in [5.41, 5.74) is 3.92. The Balaban J connectivity index is 1.80. The minimum Gasteiger partial charge on any atom is -0.497 e. The molecule has 0 aromatic heterocycles. The third-order valence-corrected chi connectivity index (χ3v) is 9.46. The maximum atomic E-state index is 14.5. The van der Waals surface area contributed by atoms with E-state index in [0.717, 1.165) is 33.0 Å². The van der Waals surface area contributed by atoms with Crippen molar-refractivity contribution in [3.05, 3.63) is 125 Å². The van der Waals surface area contributed by atoms with Crippen LogP contribution in [0.1, 0.15) is 35.6 Å². The molecule has 0 saturated heterocycles. The average molecular weight is 628 g/mol.